The number of carbonyl (C=O) groups excluding carboxylic acids is 1. The van der Waals surface area contributed by atoms with Gasteiger partial charge in [-0.05, 0) is 32.9 Å². The summed E-state index contributed by atoms with van der Waals surface area (Å²) >= 11 is 0. The molecule has 2 aromatic rings. The lowest BCUT2D eigenvalue weighted by Gasteiger charge is -2.19. The third-order valence-corrected chi connectivity index (χ3v) is 2.41. The molecule has 0 fully saturated rings. The second-order valence-electron chi connectivity index (χ2n) is 5.27. The first-order chi connectivity index (χ1) is 9.28. The smallest absolute Gasteiger partial charge is 0.358 e. The summed E-state index contributed by atoms with van der Waals surface area (Å²) in [6.45, 7) is 5.12. The standard InChI is InChI=1S/C13H15N3O4/c1-13(2,3)20-9(17)7-16-8-5-4-6-14-10(8)11(15-16)12(18)19/h4-6H,7H2,1-3H3,(H,18,19). The molecule has 2 rings (SSSR count). The van der Waals surface area contributed by atoms with E-state index in [-0.39, 0.29) is 17.8 Å². The van der Waals surface area contributed by atoms with Crippen molar-refractivity contribution in [1.29, 1.82) is 0 Å². The van der Waals surface area contributed by atoms with Gasteiger partial charge in [-0.15, -0.1) is 0 Å². The molecule has 0 bridgehead atoms. The minimum atomic E-state index is -1.18. The van der Waals surface area contributed by atoms with Crippen molar-refractivity contribution in [2.24, 2.45) is 0 Å². The lowest BCUT2D eigenvalue weighted by Crippen LogP contribution is -2.26. The van der Waals surface area contributed by atoms with E-state index in [2.05, 4.69) is 10.1 Å². The molecule has 0 aliphatic carbocycles. The highest BCUT2D eigenvalue weighted by Gasteiger charge is 2.21. The Bertz CT molecular complexity index is 670. The highest BCUT2D eigenvalue weighted by atomic mass is 16.6. The average molecular weight is 277 g/mol. The summed E-state index contributed by atoms with van der Waals surface area (Å²) in [7, 11) is 0. The van der Waals surface area contributed by atoms with Gasteiger partial charge in [0.1, 0.15) is 17.7 Å². The maximum Gasteiger partial charge on any atom is 0.358 e. The van der Waals surface area contributed by atoms with Crippen molar-refractivity contribution in [3.05, 3.63) is 24.0 Å². The molecule has 0 aromatic carbocycles. The topological polar surface area (TPSA) is 94.3 Å². The van der Waals surface area contributed by atoms with Gasteiger partial charge in [0.25, 0.3) is 0 Å². The van der Waals surface area contributed by atoms with E-state index in [1.807, 2.05) is 0 Å². The fraction of sp³-hybridized carbons (Fsp3) is 0.385. The number of fused-ring (bicyclic) bond motifs is 1. The van der Waals surface area contributed by atoms with Gasteiger partial charge in [-0.3, -0.25) is 14.5 Å². The number of pyridine rings is 1. The number of hydrogen-bond donors (Lipinski definition) is 1. The highest BCUT2D eigenvalue weighted by Crippen LogP contribution is 2.16. The van der Waals surface area contributed by atoms with Gasteiger partial charge >= 0.3 is 11.9 Å². The normalized spacial score (nSPS) is 11.6. The molecule has 0 amide bonds. The zero-order chi connectivity index (χ0) is 14.9. The predicted octanol–water partition coefficient (Wildman–Crippen LogP) is 1.47. The molecule has 7 heteroatoms. The van der Waals surface area contributed by atoms with E-state index in [9.17, 15) is 9.59 Å². The fourth-order valence-electron chi connectivity index (χ4n) is 1.77. The van der Waals surface area contributed by atoms with E-state index in [1.165, 1.54) is 10.9 Å². The van der Waals surface area contributed by atoms with Crippen LogP contribution in [0.2, 0.25) is 0 Å². The van der Waals surface area contributed by atoms with E-state index in [4.69, 9.17) is 9.84 Å². The number of ether oxygens (including phenoxy) is 1. The zero-order valence-electron chi connectivity index (χ0n) is 11.5. The van der Waals surface area contributed by atoms with Crippen molar-refractivity contribution in [3.63, 3.8) is 0 Å². The molecular weight excluding hydrogens is 262 g/mol. The maximum atomic E-state index is 11.8. The van der Waals surface area contributed by atoms with Crippen LogP contribution in [0.15, 0.2) is 18.3 Å². The average Bonchev–Trinajstić information content (AvgIpc) is 2.66. The molecule has 0 radical (unpaired) electrons. The SMILES string of the molecule is CC(C)(C)OC(=O)Cn1nc(C(=O)O)c2ncccc21. The monoisotopic (exact) mass is 277 g/mol. The Morgan fingerprint density at radius 2 is 2.10 bits per heavy atom. The summed E-state index contributed by atoms with van der Waals surface area (Å²) in [6.07, 6.45) is 1.48. The van der Waals surface area contributed by atoms with E-state index < -0.39 is 17.5 Å². The second kappa shape index (κ2) is 4.92. The number of carboxylic acid groups (broad SMARTS) is 1. The fourth-order valence-corrected chi connectivity index (χ4v) is 1.77. The quantitative estimate of drug-likeness (QED) is 0.854. The molecule has 0 atom stereocenters. The summed E-state index contributed by atoms with van der Waals surface area (Å²) < 4.78 is 6.48. The van der Waals surface area contributed by atoms with Gasteiger partial charge in [0.15, 0.2) is 5.69 Å². The van der Waals surface area contributed by atoms with E-state index in [0.717, 1.165) is 0 Å². The number of aromatic carboxylic acids is 1. The molecule has 0 saturated heterocycles. The lowest BCUT2D eigenvalue weighted by atomic mass is 10.2. The zero-order valence-corrected chi connectivity index (χ0v) is 11.5. The van der Waals surface area contributed by atoms with Crippen LogP contribution in [-0.4, -0.2) is 37.4 Å². The second-order valence-corrected chi connectivity index (χ2v) is 5.27. The van der Waals surface area contributed by atoms with Crippen LogP contribution in [-0.2, 0) is 16.1 Å². The Balaban J connectivity index is 2.36. The minimum absolute atomic E-state index is 0.160. The molecule has 7 nitrogen and oxygen atoms in total. The summed E-state index contributed by atoms with van der Waals surface area (Å²) in [5, 5.41) is 13.0. The summed E-state index contributed by atoms with van der Waals surface area (Å²) in [5.41, 5.74) is -0.0445. The van der Waals surface area contributed by atoms with Gasteiger partial charge in [0.2, 0.25) is 0 Å². The summed E-state index contributed by atoms with van der Waals surface area (Å²) in [6, 6.07) is 3.31. The van der Waals surface area contributed by atoms with Gasteiger partial charge in [-0.25, -0.2) is 4.79 Å². The van der Waals surface area contributed by atoms with Gasteiger partial charge in [-0.1, -0.05) is 0 Å². The number of carboxylic acids is 1. The van der Waals surface area contributed by atoms with Crippen molar-refractivity contribution in [3.8, 4) is 0 Å². The lowest BCUT2D eigenvalue weighted by molar-refractivity contribution is -0.155. The number of esters is 1. The van der Waals surface area contributed by atoms with Crippen LogP contribution in [0.3, 0.4) is 0 Å². The molecule has 1 N–H and O–H groups in total. The van der Waals surface area contributed by atoms with Crippen LogP contribution in [0.25, 0.3) is 11.0 Å². The molecule has 0 unspecified atom stereocenters. The van der Waals surface area contributed by atoms with Crippen LogP contribution < -0.4 is 0 Å². The van der Waals surface area contributed by atoms with Crippen molar-refractivity contribution in [2.45, 2.75) is 32.9 Å². The molecular formula is C13H15N3O4. The van der Waals surface area contributed by atoms with Gasteiger partial charge in [-0.2, -0.15) is 5.10 Å². The van der Waals surface area contributed by atoms with E-state index in [1.54, 1.807) is 32.9 Å². The van der Waals surface area contributed by atoms with E-state index >= 15 is 0 Å². The number of rotatable bonds is 3. The number of hydrogen-bond acceptors (Lipinski definition) is 5. The Morgan fingerprint density at radius 1 is 1.40 bits per heavy atom. The number of aromatic nitrogens is 3. The third kappa shape index (κ3) is 2.93. The molecule has 106 valence electrons. The van der Waals surface area contributed by atoms with Crippen LogP contribution >= 0.6 is 0 Å². The van der Waals surface area contributed by atoms with E-state index in [0.29, 0.717) is 5.52 Å². The largest absolute Gasteiger partial charge is 0.476 e. The molecule has 0 aliphatic rings. The molecule has 2 aromatic heterocycles. The van der Waals surface area contributed by atoms with Crippen molar-refractivity contribution in [1.82, 2.24) is 14.8 Å². The minimum Gasteiger partial charge on any atom is -0.476 e. The first kappa shape index (κ1) is 14.0. The summed E-state index contributed by atoms with van der Waals surface area (Å²) in [5.74, 6) is -1.67. The summed E-state index contributed by atoms with van der Waals surface area (Å²) in [4.78, 5) is 26.9. The first-order valence-corrected chi connectivity index (χ1v) is 6.04. The van der Waals surface area contributed by atoms with Gasteiger partial charge in [0, 0.05) is 6.20 Å². The van der Waals surface area contributed by atoms with Crippen molar-refractivity contribution in [2.75, 3.05) is 0 Å². The van der Waals surface area contributed by atoms with Gasteiger partial charge in [0.05, 0.1) is 5.52 Å². The van der Waals surface area contributed by atoms with Gasteiger partial charge < -0.3 is 9.84 Å². The highest BCUT2D eigenvalue weighted by molar-refractivity contribution is 5.99. The third-order valence-electron chi connectivity index (χ3n) is 2.41. The predicted molar refractivity (Wildman–Crippen MR) is 70.3 cm³/mol. The Hall–Kier alpha value is -2.44. The Kier molecular flexibility index (Phi) is 3.44. The molecule has 0 saturated carbocycles. The van der Waals surface area contributed by atoms with Crippen LogP contribution in [0, 0.1) is 0 Å². The molecule has 0 spiro atoms. The Morgan fingerprint density at radius 3 is 2.70 bits per heavy atom. The molecule has 0 aliphatic heterocycles. The van der Waals surface area contributed by atoms with Crippen LogP contribution in [0.1, 0.15) is 31.3 Å². The molecule has 2 heterocycles. The van der Waals surface area contributed by atoms with Crippen LogP contribution in [0.4, 0.5) is 0 Å². The number of nitrogens with zero attached hydrogens (tertiary/aromatic N) is 3. The van der Waals surface area contributed by atoms with Crippen molar-refractivity contribution < 1.29 is 19.4 Å². The first-order valence-electron chi connectivity index (χ1n) is 6.04. The van der Waals surface area contributed by atoms with Crippen LogP contribution in [0.5, 0.6) is 0 Å². The molecule has 20 heavy (non-hydrogen) atoms. The maximum absolute atomic E-state index is 11.8. The Labute approximate surface area is 115 Å². The van der Waals surface area contributed by atoms with Crippen molar-refractivity contribution >= 4 is 23.0 Å². The number of carbonyl (C=O) groups is 2.